The van der Waals surface area contributed by atoms with Gasteiger partial charge in [-0.25, -0.2) is 4.98 Å². The summed E-state index contributed by atoms with van der Waals surface area (Å²) in [6.07, 6.45) is 0. The highest BCUT2D eigenvalue weighted by atomic mass is 35.5. The molecule has 0 unspecified atom stereocenters. The monoisotopic (exact) mass is 317 g/mol. The lowest BCUT2D eigenvalue weighted by Crippen LogP contribution is -1.94. The fraction of sp³-hybridized carbons (Fsp3) is 0.188. The highest BCUT2D eigenvalue weighted by molar-refractivity contribution is 6.30. The van der Waals surface area contributed by atoms with Crippen molar-refractivity contribution >= 4 is 34.3 Å². The van der Waals surface area contributed by atoms with Gasteiger partial charge in [0, 0.05) is 22.8 Å². The molecular formula is C16H16ClN3O2. The van der Waals surface area contributed by atoms with Crippen LogP contribution in [0.2, 0.25) is 5.02 Å². The summed E-state index contributed by atoms with van der Waals surface area (Å²) < 4.78 is 10.6. The van der Waals surface area contributed by atoms with E-state index < -0.39 is 0 Å². The third kappa shape index (κ3) is 2.67. The number of aryl methyl sites for hydroxylation is 1. The highest BCUT2D eigenvalue weighted by Gasteiger charge is 2.10. The van der Waals surface area contributed by atoms with Gasteiger partial charge in [0.25, 0.3) is 0 Å². The van der Waals surface area contributed by atoms with Crippen molar-refractivity contribution in [1.29, 1.82) is 0 Å². The normalized spacial score (nSPS) is 10.7. The predicted molar refractivity (Wildman–Crippen MR) is 88.7 cm³/mol. The fourth-order valence-electron chi connectivity index (χ4n) is 2.29. The number of halogens is 1. The lowest BCUT2D eigenvalue weighted by atomic mass is 10.2. The highest BCUT2D eigenvalue weighted by Crippen LogP contribution is 2.32. The zero-order chi connectivity index (χ0) is 15.7. The van der Waals surface area contributed by atoms with Gasteiger partial charge in [-0.2, -0.15) is 0 Å². The third-order valence-corrected chi connectivity index (χ3v) is 3.66. The van der Waals surface area contributed by atoms with Crippen molar-refractivity contribution in [3.05, 3.63) is 40.9 Å². The molecule has 1 aromatic heterocycles. The van der Waals surface area contributed by atoms with Gasteiger partial charge in [0.1, 0.15) is 0 Å². The summed E-state index contributed by atoms with van der Waals surface area (Å²) in [6.45, 7) is 1.99. The summed E-state index contributed by atoms with van der Waals surface area (Å²) in [5.74, 6) is 1.96. The van der Waals surface area contributed by atoms with E-state index in [4.69, 9.17) is 21.1 Å². The molecular weight excluding hydrogens is 302 g/mol. The molecule has 0 atom stereocenters. The molecule has 3 aromatic rings. The maximum Gasteiger partial charge on any atom is 0.205 e. The van der Waals surface area contributed by atoms with E-state index in [0.29, 0.717) is 22.5 Å². The van der Waals surface area contributed by atoms with Gasteiger partial charge in [0.15, 0.2) is 11.5 Å². The molecule has 0 aliphatic heterocycles. The van der Waals surface area contributed by atoms with Crippen LogP contribution < -0.4 is 14.8 Å². The Labute approximate surface area is 133 Å². The zero-order valence-corrected chi connectivity index (χ0v) is 13.3. The number of nitrogens with zero attached hydrogens (tertiary/aromatic N) is 1. The topological polar surface area (TPSA) is 59.2 Å². The van der Waals surface area contributed by atoms with E-state index in [-0.39, 0.29) is 0 Å². The summed E-state index contributed by atoms with van der Waals surface area (Å²) in [7, 11) is 3.21. The lowest BCUT2D eigenvalue weighted by Gasteiger charge is -2.06. The van der Waals surface area contributed by atoms with Gasteiger partial charge < -0.3 is 19.8 Å². The predicted octanol–water partition coefficient (Wildman–Crippen LogP) is 4.29. The smallest absolute Gasteiger partial charge is 0.205 e. The number of nitrogens with one attached hydrogen (secondary N) is 2. The minimum Gasteiger partial charge on any atom is -0.493 e. The summed E-state index contributed by atoms with van der Waals surface area (Å²) >= 11 is 5.97. The Bertz CT molecular complexity index is 789. The number of ether oxygens (including phenoxy) is 2. The van der Waals surface area contributed by atoms with E-state index in [1.165, 1.54) is 0 Å². The van der Waals surface area contributed by atoms with Gasteiger partial charge in [-0.05, 0) is 30.7 Å². The SMILES string of the molecule is COc1cc2nc(Nc3ccc(Cl)cc3C)[nH]c2cc1OC. The first-order valence-corrected chi connectivity index (χ1v) is 7.13. The van der Waals surface area contributed by atoms with Crippen LogP contribution in [0.4, 0.5) is 11.6 Å². The van der Waals surface area contributed by atoms with Crippen molar-refractivity contribution in [3.8, 4) is 11.5 Å². The molecule has 5 nitrogen and oxygen atoms in total. The van der Waals surface area contributed by atoms with Crippen molar-refractivity contribution in [3.63, 3.8) is 0 Å². The van der Waals surface area contributed by atoms with Gasteiger partial charge in [-0.15, -0.1) is 0 Å². The minimum atomic E-state index is 0.649. The Hall–Kier alpha value is -2.40. The molecule has 114 valence electrons. The molecule has 0 saturated heterocycles. The molecule has 2 N–H and O–H groups in total. The number of fused-ring (bicyclic) bond motifs is 1. The van der Waals surface area contributed by atoms with Gasteiger partial charge >= 0.3 is 0 Å². The molecule has 0 amide bonds. The van der Waals surface area contributed by atoms with Gasteiger partial charge in [0.2, 0.25) is 5.95 Å². The van der Waals surface area contributed by atoms with Crippen LogP contribution in [0.3, 0.4) is 0 Å². The second kappa shape index (κ2) is 5.77. The van der Waals surface area contributed by atoms with Crippen LogP contribution >= 0.6 is 11.6 Å². The van der Waals surface area contributed by atoms with E-state index in [2.05, 4.69) is 15.3 Å². The van der Waals surface area contributed by atoms with Crippen molar-refractivity contribution in [2.75, 3.05) is 19.5 Å². The van der Waals surface area contributed by atoms with Crippen molar-refractivity contribution < 1.29 is 9.47 Å². The van der Waals surface area contributed by atoms with Crippen molar-refractivity contribution in [2.24, 2.45) is 0 Å². The molecule has 0 bridgehead atoms. The molecule has 3 rings (SSSR count). The van der Waals surface area contributed by atoms with Crippen molar-refractivity contribution in [2.45, 2.75) is 6.92 Å². The lowest BCUT2D eigenvalue weighted by molar-refractivity contribution is 0.356. The first kappa shape index (κ1) is 14.5. The Kier molecular flexibility index (Phi) is 3.81. The molecule has 0 aliphatic carbocycles. The molecule has 2 aromatic carbocycles. The number of aromatic nitrogens is 2. The van der Waals surface area contributed by atoms with E-state index in [1.54, 1.807) is 14.2 Å². The van der Waals surface area contributed by atoms with Gasteiger partial charge in [-0.3, -0.25) is 0 Å². The molecule has 0 spiro atoms. The van der Waals surface area contributed by atoms with E-state index >= 15 is 0 Å². The number of benzene rings is 2. The Morgan fingerprint density at radius 3 is 2.50 bits per heavy atom. The number of hydrogen-bond acceptors (Lipinski definition) is 4. The Balaban J connectivity index is 1.98. The molecule has 0 saturated carbocycles. The van der Waals surface area contributed by atoms with Crippen molar-refractivity contribution in [1.82, 2.24) is 9.97 Å². The fourth-order valence-corrected chi connectivity index (χ4v) is 2.52. The minimum absolute atomic E-state index is 0.649. The largest absolute Gasteiger partial charge is 0.493 e. The summed E-state index contributed by atoms with van der Waals surface area (Å²) in [4.78, 5) is 7.74. The van der Waals surface area contributed by atoms with Crippen LogP contribution in [-0.4, -0.2) is 24.2 Å². The quantitative estimate of drug-likeness (QED) is 0.753. The summed E-state index contributed by atoms with van der Waals surface area (Å²) in [5.41, 5.74) is 3.66. The number of imidazole rings is 1. The molecule has 0 fully saturated rings. The molecule has 0 aliphatic rings. The van der Waals surface area contributed by atoms with Gasteiger partial charge in [0.05, 0.1) is 25.3 Å². The first-order valence-electron chi connectivity index (χ1n) is 6.75. The second-order valence-electron chi connectivity index (χ2n) is 4.89. The average molecular weight is 318 g/mol. The van der Waals surface area contributed by atoms with Crippen LogP contribution in [0, 0.1) is 6.92 Å². The number of methoxy groups -OCH3 is 2. The number of aromatic amines is 1. The van der Waals surface area contributed by atoms with E-state index in [0.717, 1.165) is 22.3 Å². The molecule has 6 heteroatoms. The van der Waals surface area contributed by atoms with Crippen LogP contribution in [-0.2, 0) is 0 Å². The summed E-state index contributed by atoms with van der Waals surface area (Å²) in [6, 6.07) is 9.36. The second-order valence-corrected chi connectivity index (χ2v) is 5.33. The van der Waals surface area contributed by atoms with Crippen LogP contribution in [0.15, 0.2) is 30.3 Å². The summed E-state index contributed by atoms with van der Waals surface area (Å²) in [5, 5.41) is 3.97. The number of H-pyrrole nitrogens is 1. The Morgan fingerprint density at radius 1 is 1.09 bits per heavy atom. The maximum atomic E-state index is 5.97. The number of anilines is 2. The first-order chi connectivity index (χ1) is 10.6. The zero-order valence-electron chi connectivity index (χ0n) is 12.5. The van der Waals surface area contributed by atoms with E-state index in [1.807, 2.05) is 37.3 Å². The molecule has 22 heavy (non-hydrogen) atoms. The van der Waals surface area contributed by atoms with Crippen LogP contribution in [0.5, 0.6) is 11.5 Å². The number of rotatable bonds is 4. The third-order valence-electron chi connectivity index (χ3n) is 3.43. The maximum absolute atomic E-state index is 5.97. The van der Waals surface area contributed by atoms with Gasteiger partial charge in [-0.1, -0.05) is 11.6 Å². The van der Waals surface area contributed by atoms with E-state index in [9.17, 15) is 0 Å². The number of hydrogen-bond donors (Lipinski definition) is 2. The average Bonchev–Trinajstić information content (AvgIpc) is 2.89. The molecule has 1 heterocycles. The molecule has 0 radical (unpaired) electrons. The van der Waals surface area contributed by atoms with Crippen LogP contribution in [0.1, 0.15) is 5.56 Å². The van der Waals surface area contributed by atoms with Crippen LogP contribution in [0.25, 0.3) is 11.0 Å². The standard InChI is InChI=1S/C16H16ClN3O2/c1-9-6-10(17)4-5-11(9)18-16-19-12-7-14(21-2)15(22-3)8-13(12)20-16/h4-8H,1-3H3,(H2,18,19,20). The Morgan fingerprint density at radius 2 is 1.82 bits per heavy atom.